The van der Waals surface area contributed by atoms with E-state index in [4.69, 9.17) is 21.1 Å². The highest BCUT2D eigenvalue weighted by Gasteiger charge is 2.15. The van der Waals surface area contributed by atoms with Crippen LogP contribution in [0.5, 0.6) is 0 Å². The first kappa shape index (κ1) is 18.7. The van der Waals surface area contributed by atoms with Crippen molar-refractivity contribution in [2.75, 3.05) is 7.05 Å². The van der Waals surface area contributed by atoms with Gasteiger partial charge < -0.3 is 26.4 Å². The average molecular weight is 264 g/mol. The number of nitrogens with two attached hydrogens (primary N) is 1. The molecule has 0 aliphatic rings. The van der Waals surface area contributed by atoms with Crippen LogP contribution in [-0.2, 0) is 14.4 Å². The van der Waals surface area contributed by atoms with Crippen molar-refractivity contribution in [3.8, 4) is 0 Å². The van der Waals surface area contributed by atoms with Gasteiger partial charge in [0.1, 0.15) is 12.1 Å². The van der Waals surface area contributed by atoms with Crippen LogP contribution in [0.1, 0.15) is 26.2 Å². The first-order valence-corrected chi connectivity index (χ1v) is 5.36. The van der Waals surface area contributed by atoms with Crippen molar-refractivity contribution >= 4 is 17.9 Å². The fraction of sp³-hybridized carbons (Fsp3) is 0.700. The second kappa shape index (κ2) is 10.5. The molecule has 0 spiro atoms. The molecule has 0 aromatic heterocycles. The first-order chi connectivity index (χ1) is 8.26. The lowest BCUT2D eigenvalue weighted by molar-refractivity contribution is -0.141. The van der Waals surface area contributed by atoms with E-state index in [1.54, 1.807) is 6.92 Å². The Morgan fingerprint density at radius 2 is 1.67 bits per heavy atom. The molecule has 106 valence electrons. The van der Waals surface area contributed by atoms with Gasteiger partial charge in [0, 0.05) is 6.42 Å². The van der Waals surface area contributed by atoms with Crippen LogP contribution in [0.3, 0.4) is 0 Å². The van der Waals surface area contributed by atoms with Crippen LogP contribution in [0.15, 0.2) is 0 Å². The number of carboxylic acid groups (broad SMARTS) is 3. The number of hydrogen-bond donors (Lipinski definition) is 5. The predicted octanol–water partition coefficient (Wildman–Crippen LogP) is -0.668. The Morgan fingerprint density at radius 1 is 1.17 bits per heavy atom. The van der Waals surface area contributed by atoms with E-state index in [2.05, 4.69) is 5.32 Å². The van der Waals surface area contributed by atoms with Gasteiger partial charge >= 0.3 is 17.9 Å². The summed E-state index contributed by atoms with van der Waals surface area (Å²) in [5.41, 5.74) is 5.02. The summed E-state index contributed by atoms with van der Waals surface area (Å²) in [6, 6.07) is -1.44. The van der Waals surface area contributed by atoms with Gasteiger partial charge in [0.2, 0.25) is 0 Å². The lowest BCUT2D eigenvalue weighted by atomic mass is 10.1. The number of aliphatic carboxylic acids is 3. The quantitative estimate of drug-likeness (QED) is 0.406. The number of likely N-dealkylation sites (N-methyl/N-ethyl adjacent to an activating group) is 1. The van der Waals surface area contributed by atoms with Gasteiger partial charge in [-0.3, -0.25) is 14.4 Å². The SMILES string of the molecule is CCC(N)C(=O)O.CN[C@@H](CCC(=O)O)C(=O)O. The molecule has 8 nitrogen and oxygen atoms in total. The van der Waals surface area contributed by atoms with Crippen molar-refractivity contribution in [2.24, 2.45) is 5.73 Å². The minimum Gasteiger partial charge on any atom is -0.481 e. The van der Waals surface area contributed by atoms with Crippen molar-refractivity contribution in [3.63, 3.8) is 0 Å². The minimum atomic E-state index is -1.02. The molecule has 0 saturated heterocycles. The van der Waals surface area contributed by atoms with Gasteiger partial charge in [-0.1, -0.05) is 6.92 Å². The van der Waals surface area contributed by atoms with Crippen LogP contribution >= 0.6 is 0 Å². The molecule has 0 aliphatic heterocycles. The highest BCUT2D eigenvalue weighted by atomic mass is 16.4. The Bertz CT molecular complexity index is 282. The van der Waals surface area contributed by atoms with Crippen LogP contribution in [0.4, 0.5) is 0 Å². The molecule has 0 amide bonds. The highest BCUT2D eigenvalue weighted by molar-refractivity contribution is 5.75. The zero-order valence-electron chi connectivity index (χ0n) is 10.4. The van der Waals surface area contributed by atoms with E-state index in [-0.39, 0.29) is 12.8 Å². The van der Waals surface area contributed by atoms with Crippen molar-refractivity contribution in [1.29, 1.82) is 0 Å². The predicted molar refractivity (Wildman–Crippen MR) is 63.3 cm³/mol. The monoisotopic (exact) mass is 264 g/mol. The van der Waals surface area contributed by atoms with Crippen LogP contribution in [0, 0.1) is 0 Å². The molecule has 0 rings (SSSR count). The molecule has 0 aromatic carbocycles. The van der Waals surface area contributed by atoms with Crippen molar-refractivity contribution in [2.45, 2.75) is 38.3 Å². The zero-order valence-corrected chi connectivity index (χ0v) is 10.4. The van der Waals surface area contributed by atoms with Crippen molar-refractivity contribution in [3.05, 3.63) is 0 Å². The molecule has 8 heteroatoms. The summed E-state index contributed by atoms with van der Waals surface area (Å²) in [4.78, 5) is 30.1. The number of nitrogens with one attached hydrogen (secondary N) is 1. The Balaban J connectivity index is 0. The summed E-state index contributed by atoms with van der Waals surface area (Å²) < 4.78 is 0. The molecular formula is C10H20N2O6. The van der Waals surface area contributed by atoms with Gasteiger partial charge in [-0.25, -0.2) is 0 Å². The largest absolute Gasteiger partial charge is 0.481 e. The molecule has 18 heavy (non-hydrogen) atoms. The molecule has 0 heterocycles. The maximum absolute atomic E-state index is 10.3. The zero-order chi connectivity index (χ0) is 14.7. The van der Waals surface area contributed by atoms with E-state index in [0.717, 1.165) is 0 Å². The van der Waals surface area contributed by atoms with E-state index in [1.807, 2.05) is 0 Å². The summed E-state index contributed by atoms with van der Waals surface area (Å²) in [5, 5.41) is 27.2. The van der Waals surface area contributed by atoms with Crippen LogP contribution in [-0.4, -0.2) is 52.4 Å². The van der Waals surface area contributed by atoms with Crippen LogP contribution in [0.25, 0.3) is 0 Å². The molecule has 0 saturated carbocycles. The third kappa shape index (κ3) is 10.8. The Hall–Kier alpha value is -1.67. The van der Waals surface area contributed by atoms with E-state index < -0.39 is 30.0 Å². The molecule has 6 N–H and O–H groups in total. The summed E-state index contributed by atoms with van der Waals surface area (Å²) in [6.07, 6.45) is 0.480. The topological polar surface area (TPSA) is 150 Å². The number of hydrogen-bond acceptors (Lipinski definition) is 5. The second-order valence-electron chi connectivity index (χ2n) is 3.46. The van der Waals surface area contributed by atoms with Crippen molar-refractivity contribution < 1.29 is 29.7 Å². The van der Waals surface area contributed by atoms with Crippen LogP contribution < -0.4 is 11.1 Å². The maximum atomic E-state index is 10.3. The highest BCUT2D eigenvalue weighted by Crippen LogP contribution is 1.96. The first-order valence-electron chi connectivity index (χ1n) is 5.36. The smallest absolute Gasteiger partial charge is 0.320 e. The van der Waals surface area contributed by atoms with Crippen LogP contribution in [0.2, 0.25) is 0 Å². The third-order valence-corrected chi connectivity index (χ3v) is 2.05. The van der Waals surface area contributed by atoms with Gasteiger partial charge in [-0.15, -0.1) is 0 Å². The Morgan fingerprint density at radius 3 is 1.83 bits per heavy atom. The molecule has 1 unspecified atom stereocenters. The van der Waals surface area contributed by atoms with E-state index >= 15 is 0 Å². The van der Waals surface area contributed by atoms with E-state index in [9.17, 15) is 14.4 Å². The van der Waals surface area contributed by atoms with Gasteiger partial charge in [-0.2, -0.15) is 0 Å². The molecule has 0 aromatic rings. The summed E-state index contributed by atoms with van der Waals surface area (Å²) >= 11 is 0. The lowest BCUT2D eigenvalue weighted by Crippen LogP contribution is -2.34. The Labute approximate surface area is 105 Å². The van der Waals surface area contributed by atoms with Crippen molar-refractivity contribution in [1.82, 2.24) is 5.32 Å². The third-order valence-electron chi connectivity index (χ3n) is 2.05. The van der Waals surface area contributed by atoms with E-state index in [0.29, 0.717) is 6.42 Å². The molecular weight excluding hydrogens is 244 g/mol. The maximum Gasteiger partial charge on any atom is 0.320 e. The number of carboxylic acids is 3. The Kier molecular flexibility index (Phi) is 10.9. The minimum absolute atomic E-state index is 0.112. The molecule has 0 radical (unpaired) electrons. The summed E-state index contributed by atoms with van der Waals surface area (Å²) in [6.45, 7) is 1.73. The molecule has 0 fully saturated rings. The standard InChI is InChI=1S/C6H11NO4.C4H9NO2/c1-7-4(6(10)11)2-3-5(8)9;1-2-3(5)4(6)7/h4,7H,2-3H2,1H3,(H,8,9)(H,10,11);3H,2,5H2,1H3,(H,6,7)/t4-;/m0./s1. The summed E-state index contributed by atoms with van der Waals surface area (Å²) in [5.74, 6) is -2.93. The summed E-state index contributed by atoms with van der Waals surface area (Å²) in [7, 11) is 1.49. The normalized spacial score (nSPS) is 12.8. The fourth-order valence-corrected chi connectivity index (χ4v) is 0.834. The van der Waals surface area contributed by atoms with Gasteiger partial charge in [0.15, 0.2) is 0 Å². The van der Waals surface area contributed by atoms with Gasteiger partial charge in [0.25, 0.3) is 0 Å². The lowest BCUT2D eigenvalue weighted by Gasteiger charge is -2.07. The molecule has 2 atom stereocenters. The average Bonchev–Trinajstić information content (AvgIpc) is 2.28. The number of carbonyl (C=O) groups is 3. The van der Waals surface area contributed by atoms with Gasteiger partial charge in [0.05, 0.1) is 0 Å². The molecule has 0 aliphatic carbocycles. The number of rotatable bonds is 7. The fourth-order valence-electron chi connectivity index (χ4n) is 0.834. The van der Waals surface area contributed by atoms with E-state index in [1.165, 1.54) is 7.05 Å². The molecule has 0 bridgehead atoms. The van der Waals surface area contributed by atoms with Gasteiger partial charge in [-0.05, 0) is 19.9 Å². The second-order valence-corrected chi connectivity index (χ2v) is 3.46.